The maximum atomic E-state index is 14.5. The van der Waals surface area contributed by atoms with E-state index in [-0.39, 0.29) is 28.8 Å². The molecule has 3 aromatic rings. The number of nitrogens with zero attached hydrogens (tertiary/aromatic N) is 5. The second-order valence-corrected chi connectivity index (χ2v) is 9.94. The third kappa shape index (κ3) is 5.27. The van der Waals surface area contributed by atoms with Gasteiger partial charge in [-0.1, -0.05) is 17.7 Å². The van der Waals surface area contributed by atoms with Crippen LogP contribution in [0.5, 0.6) is 11.5 Å². The van der Waals surface area contributed by atoms with Crippen LogP contribution >= 0.6 is 11.6 Å². The Morgan fingerprint density at radius 1 is 1.14 bits per heavy atom. The van der Waals surface area contributed by atoms with Crippen molar-refractivity contribution in [3.05, 3.63) is 47.5 Å². The zero-order valence-electron chi connectivity index (χ0n) is 21.1. The van der Waals surface area contributed by atoms with Gasteiger partial charge in [-0.15, -0.1) is 0 Å². The quantitative estimate of drug-likeness (QED) is 0.521. The molecule has 1 aromatic heterocycles. The summed E-state index contributed by atoms with van der Waals surface area (Å²) in [6, 6.07) is 8.04. The van der Waals surface area contributed by atoms with E-state index in [1.165, 1.54) is 12.4 Å². The summed E-state index contributed by atoms with van der Waals surface area (Å²) in [4.78, 5) is 28.1. The van der Waals surface area contributed by atoms with Gasteiger partial charge in [-0.2, -0.15) is 0 Å². The Morgan fingerprint density at radius 3 is 2.68 bits per heavy atom. The average Bonchev–Trinajstić information content (AvgIpc) is 3.26. The normalized spacial score (nSPS) is 20.8. The fourth-order valence-electron chi connectivity index (χ4n) is 4.89. The predicted octanol–water partition coefficient (Wildman–Crippen LogP) is 3.40. The number of likely N-dealkylation sites (tertiary alicyclic amines) is 1. The maximum Gasteiger partial charge on any atom is 0.240 e. The SMILES string of the molecule is COc1cc2ncnc(Nc3cccc(Cl)c3F)c2cc1O[C@@H]1C[C@@H](C(=O)N2CCN(C)CC2)N(C)C1. The summed E-state index contributed by atoms with van der Waals surface area (Å²) in [5, 5.41) is 3.66. The molecular formula is C26H30ClFN6O3. The number of likely N-dealkylation sites (N-methyl/N-ethyl adjacent to an activating group) is 2. The summed E-state index contributed by atoms with van der Waals surface area (Å²) in [6.45, 7) is 3.86. The van der Waals surface area contributed by atoms with E-state index in [1.54, 1.807) is 31.4 Å². The maximum absolute atomic E-state index is 14.5. The van der Waals surface area contributed by atoms with Crippen molar-refractivity contribution in [2.24, 2.45) is 0 Å². The monoisotopic (exact) mass is 528 g/mol. The summed E-state index contributed by atoms with van der Waals surface area (Å²) < 4.78 is 26.5. The molecule has 196 valence electrons. The minimum Gasteiger partial charge on any atom is -0.493 e. The van der Waals surface area contributed by atoms with Gasteiger partial charge in [0, 0.05) is 50.6 Å². The fourth-order valence-corrected chi connectivity index (χ4v) is 5.06. The number of amides is 1. The van der Waals surface area contributed by atoms with Crippen molar-refractivity contribution in [1.29, 1.82) is 0 Å². The summed E-state index contributed by atoms with van der Waals surface area (Å²) in [5.74, 6) is 1.01. The standard InChI is InChI=1S/C26H30ClFN6O3/c1-32-7-9-34(10-8-32)26(35)21-11-16(14-33(21)2)37-23-12-17-20(13-22(23)36-3)29-15-30-25(17)31-19-6-4-5-18(27)24(19)28/h4-6,12-13,15-16,21H,7-11,14H2,1-3H3,(H,29,30,31)/t16-,21+/m1/s1. The minimum absolute atomic E-state index is 0.0140. The first-order valence-corrected chi connectivity index (χ1v) is 12.6. The van der Waals surface area contributed by atoms with E-state index >= 15 is 0 Å². The Labute approximate surface area is 220 Å². The van der Waals surface area contributed by atoms with Crippen LogP contribution in [0.1, 0.15) is 6.42 Å². The molecule has 2 atom stereocenters. The second-order valence-electron chi connectivity index (χ2n) is 9.53. The smallest absolute Gasteiger partial charge is 0.240 e. The van der Waals surface area contributed by atoms with Gasteiger partial charge in [-0.25, -0.2) is 14.4 Å². The Kier molecular flexibility index (Phi) is 7.32. The van der Waals surface area contributed by atoms with Crippen molar-refractivity contribution in [2.75, 3.05) is 59.2 Å². The number of anilines is 2. The van der Waals surface area contributed by atoms with Crippen LogP contribution in [0.25, 0.3) is 10.9 Å². The minimum atomic E-state index is -0.564. The number of rotatable bonds is 6. The topological polar surface area (TPSA) is 83.1 Å². The molecule has 0 radical (unpaired) electrons. The van der Waals surface area contributed by atoms with Crippen LogP contribution in [-0.4, -0.2) is 96.6 Å². The lowest BCUT2D eigenvalue weighted by molar-refractivity contribution is -0.137. The van der Waals surface area contributed by atoms with Gasteiger partial charge in [0.05, 0.1) is 29.4 Å². The molecule has 9 nitrogen and oxygen atoms in total. The highest BCUT2D eigenvalue weighted by Gasteiger charge is 2.38. The molecule has 0 bridgehead atoms. The lowest BCUT2D eigenvalue weighted by Gasteiger charge is -2.35. The molecule has 11 heteroatoms. The van der Waals surface area contributed by atoms with E-state index in [1.807, 2.05) is 11.9 Å². The summed E-state index contributed by atoms with van der Waals surface area (Å²) >= 11 is 5.94. The van der Waals surface area contributed by atoms with E-state index in [9.17, 15) is 9.18 Å². The van der Waals surface area contributed by atoms with E-state index in [0.717, 1.165) is 26.2 Å². The van der Waals surface area contributed by atoms with Crippen LogP contribution < -0.4 is 14.8 Å². The van der Waals surface area contributed by atoms with Gasteiger partial charge >= 0.3 is 0 Å². The van der Waals surface area contributed by atoms with Gasteiger partial charge in [0.25, 0.3) is 0 Å². The first-order valence-electron chi connectivity index (χ1n) is 12.2. The molecule has 1 N–H and O–H groups in total. The van der Waals surface area contributed by atoms with Crippen LogP contribution in [0, 0.1) is 5.82 Å². The number of hydrogen-bond donors (Lipinski definition) is 1. The number of fused-ring (bicyclic) bond motifs is 1. The summed E-state index contributed by atoms with van der Waals surface area (Å²) in [7, 11) is 5.59. The van der Waals surface area contributed by atoms with Gasteiger partial charge in [0.15, 0.2) is 17.3 Å². The van der Waals surface area contributed by atoms with E-state index in [0.29, 0.717) is 41.2 Å². The third-order valence-corrected chi connectivity index (χ3v) is 7.32. The number of carbonyl (C=O) groups is 1. The van der Waals surface area contributed by atoms with E-state index in [4.69, 9.17) is 21.1 Å². The van der Waals surface area contributed by atoms with Gasteiger partial charge in [-0.3, -0.25) is 9.69 Å². The summed E-state index contributed by atoms with van der Waals surface area (Å²) in [6.07, 6.45) is 1.77. The van der Waals surface area contributed by atoms with Gasteiger partial charge in [0.1, 0.15) is 18.2 Å². The Balaban J connectivity index is 1.37. The van der Waals surface area contributed by atoms with Crippen molar-refractivity contribution in [3.8, 4) is 11.5 Å². The molecule has 2 fully saturated rings. The number of methoxy groups -OCH3 is 1. The molecule has 37 heavy (non-hydrogen) atoms. The molecule has 2 aliphatic rings. The number of aromatic nitrogens is 2. The molecule has 2 aliphatic heterocycles. The predicted molar refractivity (Wildman–Crippen MR) is 140 cm³/mol. The van der Waals surface area contributed by atoms with Crippen molar-refractivity contribution in [2.45, 2.75) is 18.6 Å². The highest BCUT2D eigenvalue weighted by molar-refractivity contribution is 6.31. The molecule has 0 aliphatic carbocycles. The molecule has 0 spiro atoms. The molecule has 0 unspecified atom stereocenters. The van der Waals surface area contributed by atoms with Gasteiger partial charge in [0.2, 0.25) is 5.91 Å². The van der Waals surface area contributed by atoms with Crippen LogP contribution in [0.3, 0.4) is 0 Å². The highest BCUT2D eigenvalue weighted by Crippen LogP contribution is 2.37. The number of halogens is 2. The fraction of sp³-hybridized carbons (Fsp3) is 0.423. The van der Waals surface area contributed by atoms with E-state index < -0.39 is 5.82 Å². The second kappa shape index (κ2) is 10.6. The molecule has 1 amide bonds. The van der Waals surface area contributed by atoms with Gasteiger partial charge < -0.3 is 24.6 Å². The third-order valence-electron chi connectivity index (χ3n) is 7.03. The molecule has 0 saturated carbocycles. The van der Waals surface area contributed by atoms with Gasteiger partial charge in [-0.05, 0) is 32.3 Å². The highest BCUT2D eigenvalue weighted by atomic mass is 35.5. The first-order chi connectivity index (χ1) is 17.8. The molecule has 5 rings (SSSR count). The van der Waals surface area contributed by atoms with Crippen LogP contribution in [0.15, 0.2) is 36.7 Å². The lowest BCUT2D eigenvalue weighted by Crippen LogP contribution is -2.52. The Morgan fingerprint density at radius 2 is 1.92 bits per heavy atom. The Hall–Kier alpha value is -3.21. The van der Waals surface area contributed by atoms with Crippen LogP contribution in [0.2, 0.25) is 5.02 Å². The molecule has 3 heterocycles. The molecule has 2 saturated heterocycles. The van der Waals surface area contributed by atoms with Crippen LogP contribution in [-0.2, 0) is 4.79 Å². The zero-order valence-corrected chi connectivity index (χ0v) is 21.8. The van der Waals surface area contributed by atoms with Crippen molar-refractivity contribution >= 4 is 39.9 Å². The Bertz CT molecular complexity index is 1300. The number of piperazine rings is 1. The van der Waals surface area contributed by atoms with Crippen molar-refractivity contribution in [3.63, 3.8) is 0 Å². The number of benzene rings is 2. The molecular weight excluding hydrogens is 499 g/mol. The lowest BCUT2D eigenvalue weighted by atomic mass is 10.1. The van der Waals surface area contributed by atoms with Crippen molar-refractivity contribution in [1.82, 2.24) is 24.7 Å². The van der Waals surface area contributed by atoms with Crippen molar-refractivity contribution < 1.29 is 18.7 Å². The first kappa shape index (κ1) is 25.4. The molecule has 2 aromatic carbocycles. The number of hydrogen-bond acceptors (Lipinski definition) is 8. The number of carbonyl (C=O) groups excluding carboxylic acids is 1. The zero-order chi connectivity index (χ0) is 26.1. The number of nitrogens with one attached hydrogen (secondary N) is 1. The number of ether oxygens (including phenoxy) is 2. The average molecular weight is 529 g/mol. The van der Waals surface area contributed by atoms with E-state index in [2.05, 4.69) is 32.1 Å². The largest absolute Gasteiger partial charge is 0.493 e. The summed E-state index contributed by atoms with van der Waals surface area (Å²) in [5.41, 5.74) is 0.810. The van der Waals surface area contributed by atoms with Crippen LogP contribution in [0.4, 0.5) is 15.9 Å².